The van der Waals surface area contributed by atoms with Crippen LogP contribution in [-0.2, 0) is 16.4 Å². The largest absolute Gasteiger partial charge is 0.370 e. The fourth-order valence-corrected chi connectivity index (χ4v) is 2.11. The zero-order chi connectivity index (χ0) is 15.2. The van der Waals surface area contributed by atoms with Gasteiger partial charge in [0, 0.05) is 25.1 Å². The molecule has 114 valence electrons. The molecule has 0 aliphatic carbocycles. The molecule has 0 atom stereocenters. The number of hydrogen-bond donors (Lipinski definition) is 3. The quantitative estimate of drug-likeness (QED) is 0.657. The number of primary sulfonamides is 1. The molecule has 8 heteroatoms. The molecule has 0 aliphatic rings. The standard InChI is InChI=1S/C12H23N5O2S/c1-4-6-10-16-11(14-5-2)9(3)12(17-10)15-7-8-20(13,18)19/h4-8H2,1-3H3,(H2,13,18,19)(H2,14,15,16,17). The van der Waals surface area contributed by atoms with Crippen molar-refractivity contribution in [3.05, 3.63) is 11.4 Å². The monoisotopic (exact) mass is 301 g/mol. The summed E-state index contributed by atoms with van der Waals surface area (Å²) >= 11 is 0. The summed E-state index contributed by atoms with van der Waals surface area (Å²) in [5, 5.41) is 11.2. The summed E-state index contributed by atoms with van der Waals surface area (Å²) in [7, 11) is -3.47. The molecule has 0 fully saturated rings. The van der Waals surface area contributed by atoms with Crippen molar-refractivity contribution >= 4 is 21.7 Å². The molecular formula is C12H23N5O2S. The topological polar surface area (TPSA) is 110 Å². The lowest BCUT2D eigenvalue weighted by Crippen LogP contribution is -2.23. The van der Waals surface area contributed by atoms with E-state index in [1.165, 1.54) is 0 Å². The molecule has 0 amide bonds. The van der Waals surface area contributed by atoms with Crippen LogP contribution in [0.15, 0.2) is 0 Å². The Morgan fingerprint density at radius 3 is 2.25 bits per heavy atom. The van der Waals surface area contributed by atoms with E-state index in [2.05, 4.69) is 27.5 Å². The van der Waals surface area contributed by atoms with E-state index in [4.69, 9.17) is 5.14 Å². The highest BCUT2D eigenvalue weighted by molar-refractivity contribution is 7.89. The van der Waals surface area contributed by atoms with Crippen molar-refractivity contribution in [2.75, 3.05) is 29.5 Å². The second-order valence-electron chi connectivity index (χ2n) is 4.54. The lowest BCUT2D eigenvalue weighted by Gasteiger charge is -2.14. The van der Waals surface area contributed by atoms with E-state index in [0.717, 1.165) is 36.6 Å². The highest BCUT2D eigenvalue weighted by atomic mass is 32.2. The summed E-state index contributed by atoms with van der Waals surface area (Å²) in [4.78, 5) is 8.89. The molecule has 4 N–H and O–H groups in total. The summed E-state index contributed by atoms with van der Waals surface area (Å²) in [5.74, 6) is 2.05. The Morgan fingerprint density at radius 1 is 1.15 bits per heavy atom. The van der Waals surface area contributed by atoms with E-state index < -0.39 is 10.0 Å². The van der Waals surface area contributed by atoms with Crippen LogP contribution < -0.4 is 15.8 Å². The Kier molecular flexibility index (Phi) is 6.15. The molecule has 1 rings (SSSR count). The van der Waals surface area contributed by atoms with Crippen molar-refractivity contribution in [1.82, 2.24) is 9.97 Å². The van der Waals surface area contributed by atoms with Gasteiger partial charge in [0.1, 0.15) is 17.5 Å². The fourth-order valence-electron chi connectivity index (χ4n) is 1.72. The first-order chi connectivity index (χ1) is 9.37. The van der Waals surface area contributed by atoms with Gasteiger partial charge in [-0.2, -0.15) is 0 Å². The van der Waals surface area contributed by atoms with Crippen molar-refractivity contribution < 1.29 is 8.42 Å². The van der Waals surface area contributed by atoms with Crippen LogP contribution >= 0.6 is 0 Å². The first-order valence-corrected chi connectivity index (χ1v) is 8.44. The Bertz CT molecular complexity index is 545. The Hall–Kier alpha value is -1.41. The number of nitrogens with two attached hydrogens (primary N) is 1. The maximum atomic E-state index is 10.9. The number of aryl methyl sites for hydroxylation is 1. The first kappa shape index (κ1) is 16.6. The van der Waals surface area contributed by atoms with Crippen LogP contribution in [0.3, 0.4) is 0 Å². The third-order valence-electron chi connectivity index (χ3n) is 2.69. The number of sulfonamides is 1. The SMILES string of the molecule is CCCc1nc(NCC)c(C)c(NCCS(N)(=O)=O)n1. The lowest BCUT2D eigenvalue weighted by molar-refractivity contribution is 0.598. The van der Waals surface area contributed by atoms with E-state index in [1.54, 1.807) is 0 Å². The zero-order valence-corrected chi connectivity index (χ0v) is 13.0. The van der Waals surface area contributed by atoms with Crippen molar-refractivity contribution in [2.24, 2.45) is 5.14 Å². The number of aromatic nitrogens is 2. The van der Waals surface area contributed by atoms with Gasteiger partial charge in [-0.05, 0) is 20.3 Å². The molecule has 7 nitrogen and oxygen atoms in total. The number of rotatable bonds is 8. The van der Waals surface area contributed by atoms with E-state index in [0.29, 0.717) is 5.82 Å². The summed E-state index contributed by atoms with van der Waals surface area (Å²) in [6.07, 6.45) is 1.73. The van der Waals surface area contributed by atoms with Crippen LogP contribution in [0.5, 0.6) is 0 Å². The molecule has 0 unspecified atom stereocenters. The Balaban J connectivity index is 2.91. The zero-order valence-electron chi connectivity index (χ0n) is 12.2. The molecule has 1 aromatic rings. The van der Waals surface area contributed by atoms with Gasteiger partial charge in [-0.25, -0.2) is 23.5 Å². The van der Waals surface area contributed by atoms with Gasteiger partial charge in [-0.1, -0.05) is 6.92 Å². The van der Waals surface area contributed by atoms with Crippen molar-refractivity contribution in [3.8, 4) is 0 Å². The van der Waals surface area contributed by atoms with Crippen LogP contribution in [0, 0.1) is 6.92 Å². The minimum Gasteiger partial charge on any atom is -0.370 e. The maximum absolute atomic E-state index is 10.9. The van der Waals surface area contributed by atoms with E-state index in [9.17, 15) is 8.42 Å². The van der Waals surface area contributed by atoms with Gasteiger partial charge in [0.25, 0.3) is 0 Å². The highest BCUT2D eigenvalue weighted by Crippen LogP contribution is 2.20. The minimum absolute atomic E-state index is 0.129. The molecule has 0 spiro atoms. The normalized spacial score (nSPS) is 11.4. The van der Waals surface area contributed by atoms with Gasteiger partial charge in [0.15, 0.2) is 0 Å². The Labute approximate surface area is 120 Å². The summed E-state index contributed by atoms with van der Waals surface area (Å²) < 4.78 is 21.9. The van der Waals surface area contributed by atoms with Crippen LogP contribution in [-0.4, -0.2) is 37.2 Å². The third-order valence-corrected chi connectivity index (χ3v) is 3.46. The molecule has 20 heavy (non-hydrogen) atoms. The first-order valence-electron chi connectivity index (χ1n) is 6.73. The molecule has 0 radical (unpaired) electrons. The minimum atomic E-state index is -3.47. The highest BCUT2D eigenvalue weighted by Gasteiger charge is 2.11. The molecule has 0 aromatic carbocycles. The van der Waals surface area contributed by atoms with Gasteiger partial charge < -0.3 is 10.6 Å². The maximum Gasteiger partial charge on any atom is 0.210 e. The predicted octanol–water partition coefficient (Wildman–Crippen LogP) is 0.870. The van der Waals surface area contributed by atoms with Crippen molar-refractivity contribution in [3.63, 3.8) is 0 Å². The molecule has 0 saturated carbocycles. The van der Waals surface area contributed by atoms with Crippen molar-refractivity contribution in [2.45, 2.75) is 33.6 Å². The Morgan fingerprint density at radius 2 is 1.75 bits per heavy atom. The van der Waals surface area contributed by atoms with Gasteiger partial charge in [0.05, 0.1) is 5.75 Å². The van der Waals surface area contributed by atoms with E-state index >= 15 is 0 Å². The van der Waals surface area contributed by atoms with Gasteiger partial charge >= 0.3 is 0 Å². The summed E-state index contributed by atoms with van der Waals surface area (Å²) in [6.45, 7) is 6.94. The van der Waals surface area contributed by atoms with Gasteiger partial charge in [0.2, 0.25) is 10.0 Å². The van der Waals surface area contributed by atoms with E-state index in [-0.39, 0.29) is 12.3 Å². The molecule has 0 aliphatic heterocycles. The van der Waals surface area contributed by atoms with Crippen molar-refractivity contribution in [1.29, 1.82) is 0 Å². The smallest absolute Gasteiger partial charge is 0.210 e. The lowest BCUT2D eigenvalue weighted by atomic mass is 10.2. The number of anilines is 2. The van der Waals surface area contributed by atoms with Gasteiger partial charge in [-0.3, -0.25) is 0 Å². The second kappa shape index (κ2) is 7.39. The van der Waals surface area contributed by atoms with Crippen LogP contribution in [0.2, 0.25) is 0 Å². The molecule has 1 heterocycles. The predicted molar refractivity (Wildman–Crippen MR) is 81.4 cm³/mol. The van der Waals surface area contributed by atoms with Crippen LogP contribution in [0.1, 0.15) is 31.7 Å². The van der Waals surface area contributed by atoms with Crippen LogP contribution in [0.25, 0.3) is 0 Å². The molecule has 1 aromatic heterocycles. The second-order valence-corrected chi connectivity index (χ2v) is 6.27. The average molecular weight is 301 g/mol. The molecule has 0 bridgehead atoms. The average Bonchev–Trinajstić information content (AvgIpc) is 2.33. The fraction of sp³-hybridized carbons (Fsp3) is 0.667. The number of hydrogen-bond acceptors (Lipinski definition) is 6. The number of nitrogens with one attached hydrogen (secondary N) is 2. The third kappa shape index (κ3) is 5.30. The van der Waals surface area contributed by atoms with Crippen LogP contribution in [0.4, 0.5) is 11.6 Å². The number of nitrogens with zero attached hydrogens (tertiary/aromatic N) is 2. The molecular weight excluding hydrogens is 278 g/mol. The molecule has 0 saturated heterocycles. The van der Waals surface area contributed by atoms with E-state index in [1.807, 2.05) is 13.8 Å². The van der Waals surface area contributed by atoms with Gasteiger partial charge in [-0.15, -0.1) is 0 Å². The summed E-state index contributed by atoms with van der Waals surface area (Å²) in [5.41, 5.74) is 0.876. The summed E-state index contributed by atoms with van der Waals surface area (Å²) in [6, 6.07) is 0.